The van der Waals surface area contributed by atoms with Crippen molar-refractivity contribution in [2.75, 3.05) is 0 Å². The van der Waals surface area contributed by atoms with Crippen LogP contribution in [0.2, 0.25) is 0 Å². The maximum Gasteiger partial charge on any atom is 0.321 e. The van der Waals surface area contributed by atoms with Crippen LogP contribution in [0.3, 0.4) is 0 Å². The fourth-order valence-corrected chi connectivity index (χ4v) is 1.71. The van der Waals surface area contributed by atoms with Crippen LogP contribution >= 0.6 is 0 Å². The molecule has 3 amide bonds. The lowest BCUT2D eigenvalue weighted by Crippen LogP contribution is -2.50. The molecule has 1 rings (SSSR count). The number of amides is 3. The van der Waals surface area contributed by atoms with E-state index < -0.39 is 12.1 Å². The molecule has 0 saturated heterocycles. The Labute approximate surface area is 126 Å². The van der Waals surface area contributed by atoms with Gasteiger partial charge in [-0.3, -0.25) is 10.1 Å². The third-order valence-electron chi connectivity index (χ3n) is 3.44. The summed E-state index contributed by atoms with van der Waals surface area (Å²) in [5.41, 5.74) is 0.986. The van der Waals surface area contributed by atoms with Gasteiger partial charge in [-0.25, -0.2) is 4.79 Å². The third kappa shape index (κ3) is 6.40. The molecule has 116 valence electrons. The Morgan fingerprint density at radius 3 is 2.24 bits per heavy atom. The Bertz CT molecular complexity index is 460. The van der Waals surface area contributed by atoms with Crippen molar-refractivity contribution < 1.29 is 9.59 Å². The van der Waals surface area contributed by atoms with Gasteiger partial charge in [0.05, 0.1) is 6.04 Å². The summed E-state index contributed by atoms with van der Waals surface area (Å²) in [5.74, 6) is 0.0974. The largest absolute Gasteiger partial charge is 0.334 e. The van der Waals surface area contributed by atoms with Crippen molar-refractivity contribution in [1.82, 2.24) is 16.0 Å². The average Bonchev–Trinajstić information content (AvgIpc) is 2.45. The van der Waals surface area contributed by atoms with E-state index in [2.05, 4.69) is 29.8 Å². The smallest absolute Gasteiger partial charge is 0.321 e. The van der Waals surface area contributed by atoms with Gasteiger partial charge in [0.25, 0.3) is 0 Å². The molecule has 5 nitrogen and oxygen atoms in total. The van der Waals surface area contributed by atoms with Gasteiger partial charge in [-0.1, -0.05) is 44.2 Å². The first kappa shape index (κ1) is 17.2. The topological polar surface area (TPSA) is 70.2 Å². The second-order valence-electron chi connectivity index (χ2n) is 5.58. The minimum Gasteiger partial charge on any atom is -0.334 e. The van der Waals surface area contributed by atoms with Crippen molar-refractivity contribution in [1.29, 1.82) is 0 Å². The molecule has 1 aromatic carbocycles. The Morgan fingerprint density at radius 2 is 1.67 bits per heavy atom. The van der Waals surface area contributed by atoms with Crippen molar-refractivity contribution in [3.05, 3.63) is 35.9 Å². The minimum absolute atomic E-state index is 0.207. The minimum atomic E-state index is -0.477. The van der Waals surface area contributed by atoms with Crippen molar-refractivity contribution in [2.45, 2.75) is 46.3 Å². The molecule has 0 spiro atoms. The molecule has 0 aliphatic carbocycles. The second kappa shape index (κ2) is 8.42. The van der Waals surface area contributed by atoms with Crippen LogP contribution in [0, 0.1) is 5.92 Å². The molecule has 3 N–H and O–H groups in total. The Kier molecular flexibility index (Phi) is 6.88. The molecular weight excluding hydrogens is 266 g/mol. The number of hydrogen-bond acceptors (Lipinski definition) is 3. The highest BCUT2D eigenvalue weighted by Crippen LogP contribution is 2.01. The number of carbonyl (C=O) groups excluding carboxylic acids is 2. The quantitative estimate of drug-likeness (QED) is 0.751. The lowest BCUT2D eigenvalue weighted by atomic mass is 10.1. The molecule has 1 aromatic rings. The summed E-state index contributed by atoms with van der Waals surface area (Å²) in [4.78, 5) is 23.6. The summed E-state index contributed by atoms with van der Waals surface area (Å²) in [6.45, 7) is 8.32. The first-order valence-electron chi connectivity index (χ1n) is 7.28. The molecule has 0 unspecified atom stereocenters. The van der Waals surface area contributed by atoms with E-state index >= 15 is 0 Å². The standard InChI is InChI=1S/C16H25N3O2/c1-11(2)12(3)18-13(4)15(20)19-16(21)17-10-14-8-6-5-7-9-14/h5-9,11-13,18H,10H2,1-4H3,(H2,17,19,20,21)/t12-,13-/m1/s1. The van der Waals surface area contributed by atoms with Gasteiger partial charge in [0, 0.05) is 12.6 Å². The third-order valence-corrected chi connectivity index (χ3v) is 3.44. The van der Waals surface area contributed by atoms with Gasteiger partial charge in [-0.15, -0.1) is 0 Å². The molecule has 0 radical (unpaired) electrons. The normalized spacial score (nSPS) is 13.6. The summed E-state index contributed by atoms with van der Waals surface area (Å²) >= 11 is 0. The zero-order valence-electron chi connectivity index (χ0n) is 13.1. The summed E-state index contributed by atoms with van der Waals surface area (Å²) < 4.78 is 0. The molecular formula is C16H25N3O2. The van der Waals surface area contributed by atoms with Gasteiger partial charge in [0.2, 0.25) is 5.91 Å². The van der Waals surface area contributed by atoms with Gasteiger partial charge in [0.15, 0.2) is 0 Å². The molecule has 5 heteroatoms. The van der Waals surface area contributed by atoms with Crippen LogP contribution < -0.4 is 16.0 Å². The van der Waals surface area contributed by atoms with Gasteiger partial charge in [-0.05, 0) is 25.3 Å². The first-order valence-corrected chi connectivity index (χ1v) is 7.28. The van der Waals surface area contributed by atoms with E-state index in [0.717, 1.165) is 5.56 Å². The van der Waals surface area contributed by atoms with E-state index in [-0.39, 0.29) is 11.9 Å². The Hall–Kier alpha value is -1.88. The highest BCUT2D eigenvalue weighted by Gasteiger charge is 2.18. The van der Waals surface area contributed by atoms with Crippen LogP contribution in [-0.4, -0.2) is 24.0 Å². The van der Waals surface area contributed by atoms with Crippen LogP contribution in [-0.2, 0) is 11.3 Å². The second-order valence-corrected chi connectivity index (χ2v) is 5.58. The maximum absolute atomic E-state index is 11.9. The lowest BCUT2D eigenvalue weighted by molar-refractivity contribution is -0.121. The molecule has 0 fully saturated rings. The van der Waals surface area contributed by atoms with Crippen LogP contribution in [0.25, 0.3) is 0 Å². The van der Waals surface area contributed by atoms with Crippen molar-refractivity contribution in [3.8, 4) is 0 Å². The van der Waals surface area contributed by atoms with E-state index in [1.54, 1.807) is 6.92 Å². The summed E-state index contributed by atoms with van der Waals surface area (Å²) in [6.07, 6.45) is 0. The van der Waals surface area contributed by atoms with E-state index in [1.165, 1.54) is 0 Å². The molecule has 0 aliphatic heterocycles. The van der Waals surface area contributed by atoms with E-state index in [1.807, 2.05) is 37.3 Å². The van der Waals surface area contributed by atoms with Crippen molar-refractivity contribution in [2.24, 2.45) is 5.92 Å². The fourth-order valence-electron chi connectivity index (χ4n) is 1.71. The predicted molar refractivity (Wildman–Crippen MR) is 83.7 cm³/mol. The van der Waals surface area contributed by atoms with Gasteiger partial charge in [-0.2, -0.15) is 0 Å². The van der Waals surface area contributed by atoms with E-state index in [4.69, 9.17) is 0 Å². The summed E-state index contributed by atoms with van der Waals surface area (Å²) in [7, 11) is 0. The number of urea groups is 1. The molecule has 0 aromatic heterocycles. The molecule has 0 aliphatic rings. The van der Waals surface area contributed by atoms with Gasteiger partial charge >= 0.3 is 6.03 Å². The Balaban J connectivity index is 2.35. The zero-order valence-corrected chi connectivity index (χ0v) is 13.1. The molecule has 2 atom stereocenters. The van der Waals surface area contributed by atoms with Crippen molar-refractivity contribution >= 4 is 11.9 Å². The number of nitrogens with one attached hydrogen (secondary N) is 3. The fraction of sp³-hybridized carbons (Fsp3) is 0.500. The predicted octanol–water partition coefficient (Wildman–Crippen LogP) is 2.03. The van der Waals surface area contributed by atoms with E-state index in [0.29, 0.717) is 12.5 Å². The van der Waals surface area contributed by atoms with E-state index in [9.17, 15) is 9.59 Å². The van der Waals surface area contributed by atoms with Crippen LogP contribution in [0.1, 0.15) is 33.3 Å². The molecule has 21 heavy (non-hydrogen) atoms. The first-order chi connectivity index (χ1) is 9.90. The number of carbonyl (C=O) groups is 2. The molecule has 0 bridgehead atoms. The number of benzene rings is 1. The van der Waals surface area contributed by atoms with Gasteiger partial charge < -0.3 is 10.6 Å². The molecule has 0 heterocycles. The number of rotatable bonds is 6. The lowest BCUT2D eigenvalue weighted by Gasteiger charge is -2.22. The number of imide groups is 1. The van der Waals surface area contributed by atoms with Crippen LogP contribution in [0.15, 0.2) is 30.3 Å². The van der Waals surface area contributed by atoms with Crippen molar-refractivity contribution in [3.63, 3.8) is 0 Å². The monoisotopic (exact) mass is 291 g/mol. The number of hydrogen-bond donors (Lipinski definition) is 3. The highest BCUT2D eigenvalue weighted by atomic mass is 16.2. The average molecular weight is 291 g/mol. The SMILES string of the molecule is CC(C)[C@@H](C)N[C@H](C)C(=O)NC(=O)NCc1ccccc1. The van der Waals surface area contributed by atoms with Crippen LogP contribution in [0.5, 0.6) is 0 Å². The zero-order chi connectivity index (χ0) is 15.8. The summed E-state index contributed by atoms with van der Waals surface area (Å²) in [5, 5.41) is 8.17. The Morgan fingerprint density at radius 1 is 1.05 bits per heavy atom. The highest BCUT2D eigenvalue weighted by molar-refractivity contribution is 5.96. The summed E-state index contributed by atoms with van der Waals surface area (Å²) in [6, 6.07) is 8.86. The van der Waals surface area contributed by atoms with Gasteiger partial charge in [0.1, 0.15) is 0 Å². The molecule has 0 saturated carbocycles. The maximum atomic E-state index is 11.9. The van der Waals surface area contributed by atoms with Crippen LogP contribution in [0.4, 0.5) is 4.79 Å².